The van der Waals surface area contributed by atoms with Gasteiger partial charge in [0, 0.05) is 33.4 Å². The van der Waals surface area contributed by atoms with Gasteiger partial charge in [-0.2, -0.15) is 5.10 Å². The van der Waals surface area contributed by atoms with E-state index in [1.54, 1.807) is 36.0 Å². The van der Waals surface area contributed by atoms with E-state index in [2.05, 4.69) is 26.3 Å². The molecule has 7 nitrogen and oxygen atoms in total. The van der Waals surface area contributed by atoms with Crippen molar-refractivity contribution >= 4 is 56.5 Å². The van der Waals surface area contributed by atoms with E-state index in [4.69, 9.17) is 23.2 Å². The first-order valence-corrected chi connectivity index (χ1v) is 9.53. The fraction of sp³-hybridized carbons (Fsp3) is 0.111. The van der Waals surface area contributed by atoms with Crippen molar-refractivity contribution in [1.82, 2.24) is 9.78 Å². The molecule has 0 aliphatic rings. The molecule has 28 heavy (non-hydrogen) atoms. The van der Waals surface area contributed by atoms with Gasteiger partial charge >= 0.3 is 0 Å². The minimum absolute atomic E-state index is 0.0400. The number of benzene rings is 2. The number of hydrogen-bond acceptors (Lipinski definition) is 4. The van der Waals surface area contributed by atoms with Crippen LogP contribution in [0.2, 0.25) is 10.0 Å². The second-order valence-electron chi connectivity index (χ2n) is 5.97. The Morgan fingerprint density at radius 2 is 2.04 bits per heavy atom. The average Bonchev–Trinajstić information content (AvgIpc) is 2.96. The number of amides is 1. The molecule has 0 saturated carbocycles. The van der Waals surface area contributed by atoms with Gasteiger partial charge in [0.2, 0.25) is 0 Å². The number of nitro benzene ring substituents is 1. The molecule has 0 spiro atoms. The van der Waals surface area contributed by atoms with Gasteiger partial charge in [0.15, 0.2) is 5.82 Å². The standard InChI is InChI=1S/C18H13BrCl2N4O3/c1-10-6-11(3-5-16(10)25(27)28)18(26)22-17-14(19)9-24(23-17)8-12-2-4-13(20)7-15(12)21/h2-7,9H,8H2,1H3,(H,22,23,26). The molecule has 3 rings (SSSR count). The lowest BCUT2D eigenvalue weighted by atomic mass is 10.1. The van der Waals surface area contributed by atoms with Crippen LogP contribution in [0.3, 0.4) is 0 Å². The third-order valence-electron chi connectivity index (χ3n) is 3.95. The maximum atomic E-state index is 12.5. The van der Waals surface area contributed by atoms with Crippen molar-refractivity contribution in [3.8, 4) is 0 Å². The van der Waals surface area contributed by atoms with Gasteiger partial charge in [-0.15, -0.1) is 0 Å². The third-order valence-corrected chi connectivity index (χ3v) is 5.12. The Labute approximate surface area is 178 Å². The highest BCUT2D eigenvalue weighted by atomic mass is 79.9. The molecule has 0 aliphatic heterocycles. The van der Waals surface area contributed by atoms with Crippen LogP contribution in [0, 0.1) is 17.0 Å². The number of nitrogens with one attached hydrogen (secondary N) is 1. The number of nitrogens with zero attached hydrogens (tertiary/aromatic N) is 3. The number of rotatable bonds is 5. The predicted molar refractivity (Wildman–Crippen MR) is 111 cm³/mol. The second-order valence-corrected chi connectivity index (χ2v) is 7.67. The van der Waals surface area contributed by atoms with Gasteiger partial charge in [-0.1, -0.05) is 29.3 Å². The van der Waals surface area contributed by atoms with Crippen LogP contribution >= 0.6 is 39.1 Å². The summed E-state index contributed by atoms with van der Waals surface area (Å²) in [4.78, 5) is 22.9. The highest BCUT2D eigenvalue weighted by Gasteiger charge is 2.16. The summed E-state index contributed by atoms with van der Waals surface area (Å²) in [6.07, 6.45) is 1.71. The third kappa shape index (κ3) is 4.52. The summed E-state index contributed by atoms with van der Waals surface area (Å²) < 4.78 is 2.21. The van der Waals surface area contributed by atoms with Crippen LogP contribution in [0.25, 0.3) is 0 Å². The summed E-state index contributed by atoms with van der Waals surface area (Å²) in [5, 5.41) is 19.0. The lowest BCUT2D eigenvalue weighted by molar-refractivity contribution is -0.385. The maximum absolute atomic E-state index is 12.5. The Morgan fingerprint density at radius 1 is 1.29 bits per heavy atom. The minimum atomic E-state index is -0.489. The molecule has 0 saturated heterocycles. The summed E-state index contributed by atoms with van der Waals surface area (Å²) in [6, 6.07) is 9.36. The number of aromatic nitrogens is 2. The van der Waals surface area contributed by atoms with Crippen molar-refractivity contribution < 1.29 is 9.72 Å². The minimum Gasteiger partial charge on any atom is -0.304 e. The zero-order chi connectivity index (χ0) is 20.4. The molecule has 2 aromatic carbocycles. The van der Waals surface area contributed by atoms with E-state index in [0.717, 1.165) is 5.56 Å². The molecular weight excluding hydrogens is 471 g/mol. The second kappa shape index (κ2) is 8.30. The zero-order valence-electron chi connectivity index (χ0n) is 14.4. The molecule has 0 unspecified atom stereocenters. The van der Waals surface area contributed by atoms with Crippen molar-refractivity contribution in [2.24, 2.45) is 0 Å². The number of anilines is 1. The van der Waals surface area contributed by atoms with Crippen molar-refractivity contribution in [2.75, 3.05) is 5.32 Å². The fourth-order valence-corrected chi connectivity index (χ4v) is 3.45. The quantitative estimate of drug-likeness (QED) is 0.384. The Morgan fingerprint density at radius 3 is 2.68 bits per heavy atom. The molecule has 0 atom stereocenters. The van der Waals surface area contributed by atoms with Crippen LogP contribution in [0.15, 0.2) is 47.1 Å². The predicted octanol–water partition coefficient (Wildman–Crippen LogP) is 5.47. The molecule has 3 aromatic rings. The van der Waals surface area contributed by atoms with Crippen molar-refractivity contribution in [3.63, 3.8) is 0 Å². The van der Waals surface area contributed by atoms with Crippen molar-refractivity contribution in [1.29, 1.82) is 0 Å². The summed E-state index contributed by atoms with van der Waals surface area (Å²) in [7, 11) is 0. The van der Waals surface area contributed by atoms with Gasteiger partial charge in [-0.3, -0.25) is 19.6 Å². The summed E-state index contributed by atoms with van der Waals surface area (Å²) in [6.45, 7) is 1.97. The molecule has 144 valence electrons. The molecule has 0 bridgehead atoms. The van der Waals surface area contributed by atoms with Crippen molar-refractivity contribution in [3.05, 3.63) is 83.9 Å². The summed E-state index contributed by atoms with van der Waals surface area (Å²) >= 11 is 15.5. The van der Waals surface area contributed by atoms with Crippen LogP contribution in [-0.2, 0) is 6.54 Å². The molecule has 1 aromatic heterocycles. The Balaban J connectivity index is 1.77. The molecular formula is C18H13BrCl2N4O3. The fourth-order valence-electron chi connectivity index (χ4n) is 2.57. The van der Waals surface area contributed by atoms with Crippen LogP contribution < -0.4 is 5.32 Å². The first kappa shape index (κ1) is 20.3. The lowest BCUT2D eigenvalue weighted by Crippen LogP contribution is -2.13. The molecule has 1 heterocycles. The van der Waals surface area contributed by atoms with Crippen LogP contribution in [-0.4, -0.2) is 20.6 Å². The highest BCUT2D eigenvalue weighted by Crippen LogP contribution is 2.25. The average molecular weight is 484 g/mol. The van der Waals surface area contributed by atoms with Crippen LogP contribution in [0.1, 0.15) is 21.5 Å². The molecule has 0 fully saturated rings. The summed E-state index contributed by atoms with van der Waals surface area (Å²) in [5.74, 6) is -0.0976. The first-order valence-electron chi connectivity index (χ1n) is 7.98. The molecule has 0 radical (unpaired) electrons. The van der Waals surface area contributed by atoms with E-state index in [-0.39, 0.29) is 5.69 Å². The number of aryl methyl sites for hydroxylation is 1. The molecule has 0 aliphatic carbocycles. The topological polar surface area (TPSA) is 90.1 Å². The van der Waals surface area contributed by atoms with E-state index in [1.165, 1.54) is 18.2 Å². The van der Waals surface area contributed by atoms with E-state index < -0.39 is 10.8 Å². The summed E-state index contributed by atoms with van der Waals surface area (Å²) in [5.41, 5.74) is 1.48. The smallest absolute Gasteiger partial charge is 0.272 e. The zero-order valence-corrected chi connectivity index (χ0v) is 17.5. The van der Waals surface area contributed by atoms with Crippen LogP contribution in [0.4, 0.5) is 11.5 Å². The monoisotopic (exact) mass is 482 g/mol. The normalized spacial score (nSPS) is 10.7. The van der Waals surface area contributed by atoms with Gasteiger partial charge in [0.25, 0.3) is 11.6 Å². The number of halogens is 3. The molecule has 1 N–H and O–H groups in total. The van der Waals surface area contributed by atoms with Gasteiger partial charge in [0.05, 0.1) is 15.9 Å². The first-order chi connectivity index (χ1) is 13.2. The van der Waals surface area contributed by atoms with E-state index in [0.29, 0.717) is 38.0 Å². The lowest BCUT2D eigenvalue weighted by Gasteiger charge is -2.06. The number of nitro groups is 1. The van der Waals surface area contributed by atoms with Crippen molar-refractivity contribution in [2.45, 2.75) is 13.5 Å². The van der Waals surface area contributed by atoms with Gasteiger partial charge in [0.1, 0.15) is 0 Å². The van der Waals surface area contributed by atoms with E-state index >= 15 is 0 Å². The SMILES string of the molecule is Cc1cc(C(=O)Nc2nn(Cc3ccc(Cl)cc3Cl)cc2Br)ccc1[N+](=O)[O-]. The van der Waals surface area contributed by atoms with Gasteiger partial charge in [-0.25, -0.2) is 0 Å². The molecule has 10 heteroatoms. The Hall–Kier alpha value is -2.42. The number of hydrogen-bond donors (Lipinski definition) is 1. The number of carbonyl (C=O) groups is 1. The van der Waals surface area contributed by atoms with Gasteiger partial charge < -0.3 is 5.32 Å². The Bertz CT molecular complexity index is 1080. The van der Waals surface area contributed by atoms with E-state index in [9.17, 15) is 14.9 Å². The maximum Gasteiger partial charge on any atom is 0.272 e. The number of carbonyl (C=O) groups excluding carboxylic acids is 1. The Kier molecular flexibility index (Phi) is 6.02. The van der Waals surface area contributed by atoms with Crippen LogP contribution in [0.5, 0.6) is 0 Å². The van der Waals surface area contributed by atoms with E-state index in [1.807, 2.05) is 0 Å². The highest BCUT2D eigenvalue weighted by molar-refractivity contribution is 9.10. The molecule has 1 amide bonds. The van der Waals surface area contributed by atoms with Gasteiger partial charge in [-0.05, 0) is 52.7 Å². The largest absolute Gasteiger partial charge is 0.304 e.